The number of carbonyl (C=O) groups is 4. The first-order valence-corrected chi connectivity index (χ1v) is 38.3. The minimum Gasteiger partial charge on any atom is -0.462 e. The first-order chi connectivity index (χ1) is 41.7. The van der Waals surface area contributed by atoms with E-state index in [1.54, 1.807) is 0 Å². The Morgan fingerprint density at radius 1 is 0.279 bits per heavy atom. The molecule has 2 unspecified atom stereocenters. The second kappa shape index (κ2) is 61.9. The third-order valence-electron chi connectivity index (χ3n) is 15.6. The van der Waals surface area contributed by atoms with Crippen LogP contribution in [0, 0.1) is 0 Å². The SMILES string of the molecule is CCCCCCCCCCCCCCCCCCC(=O)O[C@H](COC(=O)CCCCCCCCCCCCCCCC)COP(=O)(O)OC[C@@H](O)COP(=O)(O)OC[C@@H](COC(=O)CCCCCCCCC)OC(=O)CCCCCCCCCCC. The lowest BCUT2D eigenvalue weighted by Crippen LogP contribution is -2.30. The standard InChI is InChI=1S/C67H130O17P2/c1-5-9-13-17-21-24-26-28-30-31-33-35-38-42-46-50-54-67(72)84-63(58-78-65(70)52-48-44-40-37-34-32-29-27-25-22-18-14-10-6-2)60-82-86(75,76)80-56-61(68)55-79-85(73,74)81-59-62(57-77-64(69)51-47-43-39-20-16-12-8-4)83-66(71)53-49-45-41-36-23-19-15-11-7-3/h61-63,68H,5-60H2,1-4H3,(H,73,74)(H,75,76)/t61-,62+,63+/m0/s1. The number of ether oxygens (including phenoxy) is 4. The second-order valence-corrected chi connectivity index (χ2v) is 27.1. The van der Waals surface area contributed by atoms with Crippen molar-refractivity contribution in [3.8, 4) is 0 Å². The van der Waals surface area contributed by atoms with Gasteiger partial charge in [-0.25, -0.2) is 9.13 Å². The lowest BCUT2D eigenvalue weighted by molar-refractivity contribution is -0.161. The molecular weight excluding hydrogens is 1140 g/mol. The number of hydrogen-bond donors (Lipinski definition) is 3. The number of hydrogen-bond acceptors (Lipinski definition) is 15. The lowest BCUT2D eigenvalue weighted by Gasteiger charge is -2.21. The molecule has 19 heteroatoms. The van der Waals surface area contributed by atoms with Crippen molar-refractivity contribution in [1.29, 1.82) is 0 Å². The van der Waals surface area contributed by atoms with Gasteiger partial charge in [-0.2, -0.15) is 0 Å². The van der Waals surface area contributed by atoms with E-state index in [4.69, 9.17) is 37.0 Å². The molecule has 5 atom stereocenters. The van der Waals surface area contributed by atoms with Crippen LogP contribution >= 0.6 is 15.6 Å². The number of phosphoric ester groups is 2. The number of phosphoric acid groups is 2. The maximum atomic E-state index is 13.0. The third-order valence-corrected chi connectivity index (χ3v) is 17.5. The highest BCUT2D eigenvalue weighted by atomic mass is 31.2. The number of esters is 4. The van der Waals surface area contributed by atoms with Gasteiger partial charge in [0.15, 0.2) is 12.2 Å². The van der Waals surface area contributed by atoms with Gasteiger partial charge in [0.2, 0.25) is 0 Å². The molecule has 0 aliphatic rings. The third kappa shape index (κ3) is 60.9. The molecule has 0 aromatic rings. The van der Waals surface area contributed by atoms with Crippen LogP contribution in [0.1, 0.15) is 349 Å². The molecule has 0 heterocycles. The van der Waals surface area contributed by atoms with Gasteiger partial charge >= 0.3 is 39.5 Å². The Balaban J connectivity index is 5.19. The van der Waals surface area contributed by atoms with E-state index >= 15 is 0 Å². The van der Waals surface area contributed by atoms with E-state index < -0.39 is 97.5 Å². The zero-order valence-corrected chi connectivity index (χ0v) is 57.1. The van der Waals surface area contributed by atoms with E-state index in [2.05, 4.69) is 27.7 Å². The molecule has 0 spiro atoms. The summed E-state index contributed by atoms with van der Waals surface area (Å²) in [7, 11) is -9.88. The van der Waals surface area contributed by atoms with Gasteiger partial charge in [-0.05, 0) is 25.7 Å². The zero-order valence-electron chi connectivity index (χ0n) is 55.3. The molecule has 0 aromatic heterocycles. The zero-order chi connectivity index (χ0) is 63.3. The molecule has 86 heavy (non-hydrogen) atoms. The van der Waals surface area contributed by atoms with E-state index in [0.29, 0.717) is 25.7 Å². The van der Waals surface area contributed by atoms with Crippen molar-refractivity contribution >= 4 is 39.5 Å². The van der Waals surface area contributed by atoms with Gasteiger partial charge in [0.05, 0.1) is 26.4 Å². The number of rotatable bonds is 68. The highest BCUT2D eigenvalue weighted by Gasteiger charge is 2.30. The summed E-state index contributed by atoms with van der Waals surface area (Å²) in [5, 5.41) is 10.5. The van der Waals surface area contributed by atoms with Crippen molar-refractivity contribution in [2.24, 2.45) is 0 Å². The monoisotopic (exact) mass is 1270 g/mol. The van der Waals surface area contributed by atoms with E-state index in [1.807, 2.05) is 0 Å². The normalized spacial score (nSPS) is 14.1. The predicted molar refractivity (Wildman–Crippen MR) is 345 cm³/mol. The highest BCUT2D eigenvalue weighted by molar-refractivity contribution is 7.47. The van der Waals surface area contributed by atoms with Gasteiger partial charge in [-0.3, -0.25) is 37.3 Å². The Kier molecular flexibility index (Phi) is 60.5. The number of carbonyl (C=O) groups excluding carboxylic acids is 4. The van der Waals surface area contributed by atoms with Gasteiger partial charge in [0.25, 0.3) is 0 Å². The number of unbranched alkanes of at least 4 members (excludes halogenated alkanes) is 42. The second-order valence-electron chi connectivity index (χ2n) is 24.2. The molecule has 0 rings (SSSR count). The molecule has 17 nitrogen and oxygen atoms in total. The van der Waals surface area contributed by atoms with E-state index in [1.165, 1.54) is 167 Å². The highest BCUT2D eigenvalue weighted by Crippen LogP contribution is 2.45. The largest absolute Gasteiger partial charge is 0.472 e. The molecule has 0 fully saturated rings. The van der Waals surface area contributed by atoms with Gasteiger partial charge in [0.1, 0.15) is 19.3 Å². The summed E-state index contributed by atoms with van der Waals surface area (Å²) in [5.74, 6) is -2.13. The molecule has 0 bridgehead atoms. The van der Waals surface area contributed by atoms with Crippen molar-refractivity contribution < 1.29 is 80.2 Å². The Labute approximate surface area is 524 Å². The quantitative estimate of drug-likeness (QED) is 0.0222. The summed E-state index contributed by atoms with van der Waals surface area (Å²) in [4.78, 5) is 72.2. The van der Waals surface area contributed by atoms with Crippen LogP contribution in [0.4, 0.5) is 0 Å². The molecular formula is C67H130O17P2. The average molecular weight is 1270 g/mol. The molecule has 3 N–H and O–H groups in total. The minimum atomic E-state index is -4.95. The fraction of sp³-hybridized carbons (Fsp3) is 0.940. The molecule has 0 saturated heterocycles. The van der Waals surface area contributed by atoms with Gasteiger partial charge in [-0.1, -0.05) is 297 Å². The van der Waals surface area contributed by atoms with Crippen LogP contribution in [0.15, 0.2) is 0 Å². The maximum Gasteiger partial charge on any atom is 0.472 e. The average Bonchev–Trinajstić information content (AvgIpc) is 3.59. The summed E-state index contributed by atoms with van der Waals surface area (Å²) >= 11 is 0. The molecule has 0 aliphatic heterocycles. The molecule has 0 saturated carbocycles. The molecule has 510 valence electrons. The van der Waals surface area contributed by atoms with Crippen LogP contribution in [-0.4, -0.2) is 96.7 Å². The first-order valence-electron chi connectivity index (χ1n) is 35.3. The van der Waals surface area contributed by atoms with Gasteiger partial charge in [0, 0.05) is 25.7 Å². The van der Waals surface area contributed by atoms with E-state index in [0.717, 1.165) is 103 Å². The molecule has 0 aliphatic carbocycles. The van der Waals surface area contributed by atoms with Crippen LogP contribution in [0.2, 0.25) is 0 Å². The van der Waals surface area contributed by atoms with Crippen LogP contribution in [-0.2, 0) is 65.4 Å². The van der Waals surface area contributed by atoms with E-state index in [-0.39, 0.29) is 25.7 Å². The Bertz CT molecular complexity index is 1650. The summed E-state index contributed by atoms with van der Waals surface area (Å²) in [6, 6.07) is 0. The molecule has 0 radical (unpaired) electrons. The van der Waals surface area contributed by atoms with Crippen molar-refractivity contribution in [2.75, 3.05) is 39.6 Å². The Hall–Kier alpha value is -1.94. The molecule has 0 amide bonds. The minimum absolute atomic E-state index is 0.106. The fourth-order valence-electron chi connectivity index (χ4n) is 10.2. The van der Waals surface area contributed by atoms with Crippen molar-refractivity contribution in [3.63, 3.8) is 0 Å². The topological polar surface area (TPSA) is 237 Å². The Morgan fingerprint density at radius 2 is 0.465 bits per heavy atom. The van der Waals surface area contributed by atoms with E-state index in [9.17, 15) is 43.2 Å². The predicted octanol–water partition coefficient (Wildman–Crippen LogP) is 19.1. The summed E-state index contributed by atoms with van der Waals surface area (Å²) in [6.45, 7) is 4.87. The van der Waals surface area contributed by atoms with Crippen molar-refractivity contribution in [2.45, 2.75) is 367 Å². The van der Waals surface area contributed by atoms with Crippen LogP contribution in [0.3, 0.4) is 0 Å². The van der Waals surface area contributed by atoms with Crippen LogP contribution in [0.5, 0.6) is 0 Å². The first kappa shape index (κ1) is 84.1. The van der Waals surface area contributed by atoms with Crippen molar-refractivity contribution in [3.05, 3.63) is 0 Å². The van der Waals surface area contributed by atoms with Gasteiger partial charge < -0.3 is 33.8 Å². The van der Waals surface area contributed by atoms with Crippen molar-refractivity contribution in [1.82, 2.24) is 0 Å². The number of aliphatic hydroxyl groups excluding tert-OH is 1. The maximum absolute atomic E-state index is 13.0. The lowest BCUT2D eigenvalue weighted by atomic mass is 10.0. The molecule has 0 aromatic carbocycles. The fourth-order valence-corrected chi connectivity index (χ4v) is 11.7. The Morgan fingerprint density at radius 3 is 0.686 bits per heavy atom. The smallest absolute Gasteiger partial charge is 0.462 e. The van der Waals surface area contributed by atoms with Gasteiger partial charge in [-0.15, -0.1) is 0 Å². The van der Waals surface area contributed by atoms with Crippen LogP contribution < -0.4 is 0 Å². The summed E-state index contributed by atoms with van der Waals surface area (Å²) in [6.07, 6.45) is 48.6. The summed E-state index contributed by atoms with van der Waals surface area (Å²) in [5.41, 5.74) is 0. The summed E-state index contributed by atoms with van der Waals surface area (Å²) < 4.78 is 68.0. The number of aliphatic hydroxyl groups is 1. The van der Waals surface area contributed by atoms with Crippen LogP contribution in [0.25, 0.3) is 0 Å².